The van der Waals surface area contributed by atoms with Crippen molar-refractivity contribution in [2.75, 3.05) is 18.0 Å². The van der Waals surface area contributed by atoms with Gasteiger partial charge in [0, 0.05) is 13.1 Å². The van der Waals surface area contributed by atoms with Crippen LogP contribution in [0, 0.1) is 18.6 Å². The van der Waals surface area contributed by atoms with Crippen molar-refractivity contribution in [1.29, 1.82) is 0 Å². The molecule has 0 atom stereocenters. The number of halogens is 2. The van der Waals surface area contributed by atoms with Gasteiger partial charge in [0.1, 0.15) is 11.6 Å². The van der Waals surface area contributed by atoms with Gasteiger partial charge in [-0.3, -0.25) is 14.5 Å². The third-order valence-electron chi connectivity index (χ3n) is 5.20. The van der Waals surface area contributed by atoms with E-state index in [1.807, 2.05) is 11.8 Å². The van der Waals surface area contributed by atoms with Gasteiger partial charge in [-0.15, -0.1) is 0 Å². The summed E-state index contributed by atoms with van der Waals surface area (Å²) in [7, 11) is 0. The predicted octanol–water partition coefficient (Wildman–Crippen LogP) is 5.11. The van der Waals surface area contributed by atoms with E-state index < -0.39 is 11.1 Å². The fourth-order valence-corrected chi connectivity index (χ4v) is 4.42. The third kappa shape index (κ3) is 4.05. The standard InChI is InChI=1S/C22H20F2N2O2S/c1-14-10-19(25-8-2-3-9-25)18(24)11-16(14)12-20-21(27)26(22(28)29-20)13-15-4-6-17(23)7-5-15/h4-7,10-12H,2-3,8-9,13H2,1H3/b20-12-. The maximum Gasteiger partial charge on any atom is 0.293 e. The fraction of sp³-hybridized carbons (Fsp3) is 0.273. The average molecular weight is 414 g/mol. The highest BCUT2D eigenvalue weighted by atomic mass is 32.2. The van der Waals surface area contributed by atoms with Crippen LogP contribution in [0.2, 0.25) is 0 Å². The molecule has 0 aliphatic carbocycles. The molecule has 0 aromatic heterocycles. The second kappa shape index (κ2) is 7.99. The summed E-state index contributed by atoms with van der Waals surface area (Å²) in [5.74, 6) is -1.13. The Hall–Kier alpha value is -2.67. The van der Waals surface area contributed by atoms with Crippen LogP contribution in [-0.2, 0) is 11.3 Å². The minimum atomic E-state index is -0.423. The number of rotatable bonds is 4. The molecule has 0 radical (unpaired) electrons. The SMILES string of the molecule is Cc1cc(N2CCCC2)c(F)cc1/C=C1\SC(=O)N(Cc2ccc(F)cc2)C1=O. The van der Waals surface area contributed by atoms with Gasteiger partial charge in [-0.05, 0) is 78.6 Å². The van der Waals surface area contributed by atoms with E-state index in [2.05, 4.69) is 0 Å². The highest BCUT2D eigenvalue weighted by molar-refractivity contribution is 8.18. The minimum Gasteiger partial charge on any atom is -0.369 e. The summed E-state index contributed by atoms with van der Waals surface area (Å²) in [6.07, 6.45) is 3.69. The van der Waals surface area contributed by atoms with E-state index in [1.165, 1.54) is 18.2 Å². The van der Waals surface area contributed by atoms with Gasteiger partial charge < -0.3 is 4.90 Å². The highest BCUT2D eigenvalue weighted by Crippen LogP contribution is 2.35. The van der Waals surface area contributed by atoms with Crippen LogP contribution in [0.4, 0.5) is 19.3 Å². The van der Waals surface area contributed by atoms with Crippen molar-refractivity contribution < 1.29 is 18.4 Å². The number of hydrogen-bond donors (Lipinski definition) is 0. The number of thioether (sulfide) groups is 1. The van der Waals surface area contributed by atoms with Crippen molar-refractivity contribution >= 4 is 34.7 Å². The fourth-order valence-electron chi connectivity index (χ4n) is 3.59. The van der Waals surface area contributed by atoms with Crippen molar-refractivity contribution in [1.82, 2.24) is 4.90 Å². The molecule has 0 unspecified atom stereocenters. The van der Waals surface area contributed by atoms with E-state index in [4.69, 9.17) is 0 Å². The lowest BCUT2D eigenvalue weighted by Gasteiger charge is -2.19. The molecule has 2 aromatic rings. The topological polar surface area (TPSA) is 40.6 Å². The number of benzene rings is 2. The maximum atomic E-state index is 14.7. The van der Waals surface area contributed by atoms with E-state index in [0.717, 1.165) is 48.2 Å². The van der Waals surface area contributed by atoms with E-state index in [0.29, 0.717) is 16.8 Å². The molecule has 0 saturated carbocycles. The largest absolute Gasteiger partial charge is 0.369 e. The van der Waals surface area contributed by atoms with Crippen molar-refractivity contribution in [3.05, 3.63) is 69.6 Å². The third-order valence-corrected chi connectivity index (χ3v) is 6.10. The van der Waals surface area contributed by atoms with Crippen LogP contribution in [0.15, 0.2) is 41.3 Å². The summed E-state index contributed by atoms with van der Waals surface area (Å²) in [6.45, 7) is 3.63. The number of carbonyl (C=O) groups is 2. The van der Waals surface area contributed by atoms with Crippen LogP contribution in [-0.4, -0.2) is 29.1 Å². The summed E-state index contributed by atoms with van der Waals surface area (Å²) in [4.78, 5) is 28.4. The number of anilines is 1. The lowest BCUT2D eigenvalue weighted by molar-refractivity contribution is -0.123. The van der Waals surface area contributed by atoms with Gasteiger partial charge in [-0.2, -0.15) is 0 Å². The molecule has 2 aromatic carbocycles. The molecule has 4 rings (SSSR count). The molecule has 0 N–H and O–H groups in total. The minimum absolute atomic E-state index is 0.0729. The van der Waals surface area contributed by atoms with Crippen LogP contribution in [0.5, 0.6) is 0 Å². The first-order valence-electron chi connectivity index (χ1n) is 9.47. The van der Waals surface area contributed by atoms with Crippen LogP contribution >= 0.6 is 11.8 Å². The molecule has 7 heteroatoms. The molecule has 150 valence electrons. The second-order valence-corrected chi connectivity index (χ2v) is 8.24. The number of hydrogen-bond acceptors (Lipinski definition) is 4. The Morgan fingerprint density at radius 3 is 2.45 bits per heavy atom. The monoisotopic (exact) mass is 414 g/mol. The van der Waals surface area contributed by atoms with Gasteiger partial charge in [0.05, 0.1) is 17.1 Å². The Balaban J connectivity index is 1.56. The highest BCUT2D eigenvalue weighted by Gasteiger charge is 2.35. The summed E-state index contributed by atoms with van der Waals surface area (Å²) in [5.41, 5.74) is 2.67. The van der Waals surface area contributed by atoms with E-state index in [1.54, 1.807) is 24.3 Å². The molecule has 2 saturated heterocycles. The molecule has 2 amide bonds. The van der Waals surface area contributed by atoms with Crippen LogP contribution in [0.1, 0.15) is 29.5 Å². The summed E-state index contributed by atoms with van der Waals surface area (Å²) in [6, 6.07) is 8.89. The normalized spacial score (nSPS) is 18.4. The van der Waals surface area contributed by atoms with E-state index in [9.17, 15) is 18.4 Å². The number of carbonyl (C=O) groups excluding carboxylic acids is 2. The van der Waals surface area contributed by atoms with Crippen molar-refractivity contribution in [2.45, 2.75) is 26.3 Å². The summed E-state index contributed by atoms with van der Waals surface area (Å²) < 4.78 is 27.7. The quantitative estimate of drug-likeness (QED) is 0.652. The first-order chi connectivity index (χ1) is 13.9. The maximum absolute atomic E-state index is 14.7. The molecular weight excluding hydrogens is 394 g/mol. The van der Waals surface area contributed by atoms with Crippen LogP contribution in [0.3, 0.4) is 0 Å². The Bertz CT molecular complexity index is 999. The van der Waals surface area contributed by atoms with Gasteiger partial charge >= 0.3 is 0 Å². The Kier molecular flexibility index (Phi) is 5.41. The van der Waals surface area contributed by atoms with Crippen LogP contribution in [0.25, 0.3) is 6.08 Å². The van der Waals surface area contributed by atoms with Gasteiger partial charge in [0.15, 0.2) is 0 Å². The molecule has 0 bridgehead atoms. The molecule has 2 heterocycles. The van der Waals surface area contributed by atoms with Crippen molar-refractivity contribution in [2.24, 2.45) is 0 Å². The Morgan fingerprint density at radius 1 is 1.07 bits per heavy atom. The number of amides is 2. The molecule has 2 fully saturated rings. The first-order valence-corrected chi connectivity index (χ1v) is 10.3. The van der Waals surface area contributed by atoms with Gasteiger partial charge in [0.2, 0.25) is 0 Å². The van der Waals surface area contributed by atoms with Gasteiger partial charge in [-0.25, -0.2) is 8.78 Å². The van der Waals surface area contributed by atoms with Crippen LogP contribution < -0.4 is 4.90 Å². The predicted molar refractivity (Wildman–Crippen MR) is 110 cm³/mol. The zero-order valence-corrected chi connectivity index (χ0v) is 16.8. The second-order valence-electron chi connectivity index (χ2n) is 7.25. The lowest BCUT2D eigenvalue weighted by atomic mass is 10.1. The average Bonchev–Trinajstić information content (AvgIpc) is 3.31. The summed E-state index contributed by atoms with van der Waals surface area (Å²) in [5, 5.41) is -0.391. The zero-order chi connectivity index (χ0) is 20.5. The zero-order valence-electron chi connectivity index (χ0n) is 16.0. The van der Waals surface area contributed by atoms with Gasteiger partial charge in [0.25, 0.3) is 11.1 Å². The van der Waals surface area contributed by atoms with Crippen molar-refractivity contribution in [3.63, 3.8) is 0 Å². The molecule has 2 aliphatic rings. The Labute approximate surface area is 172 Å². The lowest BCUT2D eigenvalue weighted by Crippen LogP contribution is -2.27. The Morgan fingerprint density at radius 2 is 1.76 bits per heavy atom. The smallest absolute Gasteiger partial charge is 0.293 e. The number of nitrogens with zero attached hydrogens (tertiary/aromatic N) is 2. The molecule has 2 aliphatic heterocycles. The van der Waals surface area contributed by atoms with E-state index >= 15 is 0 Å². The number of aryl methyl sites for hydroxylation is 1. The summed E-state index contributed by atoms with van der Waals surface area (Å²) >= 11 is 0.835. The molecule has 29 heavy (non-hydrogen) atoms. The first kappa shape index (κ1) is 19.6. The molecule has 4 nitrogen and oxygen atoms in total. The van der Waals surface area contributed by atoms with E-state index in [-0.39, 0.29) is 23.1 Å². The van der Waals surface area contributed by atoms with Crippen molar-refractivity contribution in [3.8, 4) is 0 Å². The van der Waals surface area contributed by atoms with Gasteiger partial charge in [-0.1, -0.05) is 12.1 Å². The molecular formula is C22H20F2N2O2S. The number of imide groups is 1. The molecule has 0 spiro atoms.